The minimum Gasteiger partial charge on any atom is -0.497 e. The number of aromatic nitrogens is 2. The van der Waals surface area contributed by atoms with E-state index in [0.29, 0.717) is 31.6 Å². The summed E-state index contributed by atoms with van der Waals surface area (Å²) >= 11 is 0. The third-order valence-corrected chi connectivity index (χ3v) is 5.18. The highest BCUT2D eigenvalue weighted by Gasteiger charge is 2.29. The number of nitrogens with one attached hydrogen (secondary N) is 2. The summed E-state index contributed by atoms with van der Waals surface area (Å²) in [4.78, 5) is 27.2. The lowest BCUT2D eigenvalue weighted by molar-refractivity contribution is -0.121. The molecule has 144 valence electrons. The Morgan fingerprint density at radius 1 is 1.11 bits per heavy atom. The highest BCUT2D eigenvalue weighted by molar-refractivity contribution is 6.04. The van der Waals surface area contributed by atoms with Crippen LogP contribution in [0.4, 0.5) is 5.69 Å². The van der Waals surface area contributed by atoms with Crippen LogP contribution in [0, 0.1) is 5.92 Å². The lowest BCUT2D eigenvalue weighted by atomic mass is 9.95. The fourth-order valence-electron chi connectivity index (χ4n) is 3.54. The number of H-pyrrole nitrogens is 1. The van der Waals surface area contributed by atoms with Gasteiger partial charge in [0.25, 0.3) is 5.91 Å². The summed E-state index contributed by atoms with van der Waals surface area (Å²) in [5.41, 5.74) is 2.03. The molecular weight excluding hydrogens is 356 g/mol. The van der Waals surface area contributed by atoms with Crippen LogP contribution >= 0.6 is 0 Å². The third kappa shape index (κ3) is 3.55. The lowest BCUT2D eigenvalue weighted by Crippen LogP contribution is -2.41. The zero-order chi connectivity index (χ0) is 19.5. The molecule has 1 aliphatic heterocycles. The molecule has 0 unspecified atom stereocenters. The number of hydrogen-bond donors (Lipinski definition) is 2. The standard InChI is InChI=1S/C21H22N4O3/c1-28-16-8-6-15(7-9-16)22-20(26)14-10-12-25(13-11-14)21(27)19-17-4-2-3-5-18(17)23-24-19/h2-9,14H,10-13H2,1H3,(H,22,26)(H,23,24). The van der Waals surface area contributed by atoms with Gasteiger partial charge in [0.2, 0.25) is 5.91 Å². The maximum absolute atomic E-state index is 12.8. The summed E-state index contributed by atoms with van der Waals surface area (Å²) in [5, 5.41) is 10.9. The van der Waals surface area contributed by atoms with Crippen molar-refractivity contribution in [3.63, 3.8) is 0 Å². The van der Waals surface area contributed by atoms with Gasteiger partial charge in [-0.05, 0) is 43.2 Å². The van der Waals surface area contributed by atoms with Gasteiger partial charge in [0.05, 0.1) is 12.6 Å². The van der Waals surface area contributed by atoms with Gasteiger partial charge in [-0.3, -0.25) is 14.7 Å². The van der Waals surface area contributed by atoms with Crippen LogP contribution in [0.25, 0.3) is 10.9 Å². The van der Waals surface area contributed by atoms with Crippen LogP contribution in [0.5, 0.6) is 5.75 Å². The van der Waals surface area contributed by atoms with Crippen molar-refractivity contribution in [2.75, 3.05) is 25.5 Å². The van der Waals surface area contributed by atoms with Crippen LogP contribution in [0.2, 0.25) is 0 Å². The molecule has 1 aliphatic rings. The molecule has 0 saturated carbocycles. The average Bonchev–Trinajstić information content (AvgIpc) is 3.18. The molecule has 7 heteroatoms. The molecule has 1 aromatic heterocycles. The van der Waals surface area contributed by atoms with Crippen molar-refractivity contribution in [2.24, 2.45) is 5.92 Å². The first kappa shape index (κ1) is 18.0. The van der Waals surface area contributed by atoms with Gasteiger partial charge in [-0.1, -0.05) is 18.2 Å². The Kier molecular flexibility index (Phi) is 4.97. The van der Waals surface area contributed by atoms with Gasteiger partial charge in [-0.2, -0.15) is 5.10 Å². The molecule has 0 radical (unpaired) electrons. The summed E-state index contributed by atoms with van der Waals surface area (Å²) in [5.74, 6) is 0.534. The number of nitrogens with zero attached hydrogens (tertiary/aromatic N) is 2. The van der Waals surface area contributed by atoms with Crippen LogP contribution in [-0.4, -0.2) is 47.1 Å². The number of fused-ring (bicyclic) bond motifs is 1. The molecule has 0 aliphatic carbocycles. The minimum atomic E-state index is -0.109. The quantitative estimate of drug-likeness (QED) is 0.730. The molecule has 0 atom stereocenters. The van der Waals surface area contributed by atoms with Crippen molar-refractivity contribution in [1.82, 2.24) is 15.1 Å². The number of hydrogen-bond acceptors (Lipinski definition) is 4. The fourth-order valence-corrected chi connectivity index (χ4v) is 3.54. The normalized spacial score (nSPS) is 14.8. The van der Waals surface area contributed by atoms with Crippen LogP contribution in [0.15, 0.2) is 48.5 Å². The molecule has 2 aromatic carbocycles. The first-order valence-corrected chi connectivity index (χ1v) is 9.33. The second kappa shape index (κ2) is 7.72. The second-order valence-corrected chi connectivity index (χ2v) is 6.90. The average molecular weight is 378 g/mol. The molecule has 3 aromatic rings. The molecular formula is C21H22N4O3. The van der Waals surface area contributed by atoms with Gasteiger partial charge in [0.1, 0.15) is 5.75 Å². The molecule has 0 bridgehead atoms. The first-order valence-electron chi connectivity index (χ1n) is 9.33. The van der Waals surface area contributed by atoms with Crippen LogP contribution < -0.4 is 10.1 Å². The van der Waals surface area contributed by atoms with E-state index < -0.39 is 0 Å². The largest absolute Gasteiger partial charge is 0.497 e. The van der Waals surface area contributed by atoms with Gasteiger partial charge in [0, 0.05) is 30.1 Å². The van der Waals surface area contributed by atoms with E-state index in [2.05, 4.69) is 15.5 Å². The molecule has 2 amide bonds. The maximum Gasteiger partial charge on any atom is 0.274 e. The predicted octanol–water partition coefficient (Wildman–Crippen LogP) is 3.06. The van der Waals surface area contributed by atoms with E-state index in [0.717, 1.165) is 22.3 Å². The number of carbonyl (C=O) groups excluding carboxylic acids is 2. The predicted molar refractivity (Wildman–Crippen MR) is 106 cm³/mol. The molecule has 1 fully saturated rings. The molecule has 0 spiro atoms. The van der Waals surface area contributed by atoms with E-state index in [1.807, 2.05) is 48.5 Å². The van der Waals surface area contributed by atoms with E-state index in [4.69, 9.17) is 4.74 Å². The molecule has 28 heavy (non-hydrogen) atoms. The zero-order valence-corrected chi connectivity index (χ0v) is 15.6. The van der Waals surface area contributed by atoms with Crippen LogP contribution in [-0.2, 0) is 4.79 Å². The Hall–Kier alpha value is -3.35. The van der Waals surface area contributed by atoms with E-state index in [1.165, 1.54) is 0 Å². The molecule has 7 nitrogen and oxygen atoms in total. The van der Waals surface area contributed by atoms with Gasteiger partial charge in [-0.25, -0.2) is 0 Å². The van der Waals surface area contributed by atoms with Crippen LogP contribution in [0.3, 0.4) is 0 Å². The highest BCUT2D eigenvalue weighted by Crippen LogP contribution is 2.23. The second-order valence-electron chi connectivity index (χ2n) is 6.90. The van der Waals surface area contributed by atoms with E-state index in [-0.39, 0.29) is 17.7 Å². The Balaban J connectivity index is 1.36. The minimum absolute atomic E-state index is 0.0116. The molecule has 2 N–H and O–H groups in total. The van der Waals surface area contributed by atoms with E-state index in [1.54, 1.807) is 12.0 Å². The van der Waals surface area contributed by atoms with Crippen molar-refractivity contribution < 1.29 is 14.3 Å². The summed E-state index contributed by atoms with van der Waals surface area (Å²) in [7, 11) is 1.61. The fraction of sp³-hybridized carbons (Fsp3) is 0.286. The number of para-hydroxylation sites is 1. The Bertz CT molecular complexity index is 988. The van der Waals surface area contributed by atoms with Gasteiger partial charge in [-0.15, -0.1) is 0 Å². The number of amides is 2. The van der Waals surface area contributed by atoms with Crippen molar-refractivity contribution in [3.8, 4) is 5.75 Å². The van der Waals surface area contributed by atoms with Gasteiger partial charge >= 0.3 is 0 Å². The van der Waals surface area contributed by atoms with Crippen LogP contribution in [0.1, 0.15) is 23.3 Å². The van der Waals surface area contributed by atoms with E-state index >= 15 is 0 Å². The summed E-state index contributed by atoms with van der Waals surface area (Å²) in [6.07, 6.45) is 1.27. The number of likely N-dealkylation sites (tertiary alicyclic amines) is 1. The molecule has 4 rings (SSSR count). The lowest BCUT2D eigenvalue weighted by Gasteiger charge is -2.31. The van der Waals surface area contributed by atoms with Gasteiger partial charge in [0.15, 0.2) is 5.69 Å². The zero-order valence-electron chi connectivity index (χ0n) is 15.6. The van der Waals surface area contributed by atoms with Gasteiger partial charge < -0.3 is 15.0 Å². The molecule has 2 heterocycles. The number of rotatable bonds is 4. The Morgan fingerprint density at radius 2 is 1.82 bits per heavy atom. The van der Waals surface area contributed by atoms with Crippen molar-refractivity contribution >= 4 is 28.4 Å². The summed E-state index contributed by atoms with van der Waals surface area (Å²) in [6, 6.07) is 14.8. The monoisotopic (exact) mass is 378 g/mol. The number of carbonyl (C=O) groups is 2. The number of ether oxygens (including phenoxy) is 1. The Labute approximate surface area is 162 Å². The van der Waals surface area contributed by atoms with Crippen molar-refractivity contribution in [3.05, 3.63) is 54.2 Å². The topological polar surface area (TPSA) is 87.3 Å². The summed E-state index contributed by atoms with van der Waals surface area (Å²) < 4.78 is 5.12. The third-order valence-electron chi connectivity index (χ3n) is 5.18. The SMILES string of the molecule is COc1ccc(NC(=O)C2CCN(C(=O)c3n[nH]c4ccccc34)CC2)cc1. The number of aromatic amines is 1. The Morgan fingerprint density at radius 3 is 2.54 bits per heavy atom. The van der Waals surface area contributed by atoms with E-state index in [9.17, 15) is 9.59 Å². The summed E-state index contributed by atoms with van der Waals surface area (Å²) in [6.45, 7) is 1.08. The number of methoxy groups -OCH3 is 1. The van der Waals surface area contributed by atoms with Crippen molar-refractivity contribution in [1.29, 1.82) is 0 Å². The van der Waals surface area contributed by atoms with Crippen molar-refractivity contribution in [2.45, 2.75) is 12.8 Å². The number of piperidine rings is 1. The highest BCUT2D eigenvalue weighted by atomic mass is 16.5. The number of benzene rings is 2. The maximum atomic E-state index is 12.8. The molecule has 1 saturated heterocycles. The smallest absolute Gasteiger partial charge is 0.274 e. The number of anilines is 1. The first-order chi connectivity index (χ1) is 13.7.